The summed E-state index contributed by atoms with van der Waals surface area (Å²) in [6, 6.07) is 3.30. The number of rotatable bonds is 4. The van der Waals surface area contributed by atoms with Crippen LogP contribution >= 0.6 is 0 Å². The van der Waals surface area contributed by atoms with Gasteiger partial charge in [0.25, 0.3) is 0 Å². The van der Waals surface area contributed by atoms with E-state index in [1.807, 2.05) is 0 Å². The van der Waals surface area contributed by atoms with Gasteiger partial charge >= 0.3 is 0 Å². The van der Waals surface area contributed by atoms with E-state index in [1.54, 1.807) is 18.3 Å². The largest absolute Gasteiger partial charge is 0.356 e. The molecule has 0 atom stereocenters. The van der Waals surface area contributed by atoms with Crippen LogP contribution in [0.3, 0.4) is 0 Å². The van der Waals surface area contributed by atoms with Crippen LogP contribution in [0.2, 0.25) is 0 Å². The molecule has 2 rings (SSSR count). The summed E-state index contributed by atoms with van der Waals surface area (Å²) in [5.41, 5.74) is 5.58. The SMILES string of the molecule is CS(=O)(=O)c1cccnc1N1CCC(CCN)CC1. The molecule has 2 heterocycles. The van der Waals surface area contributed by atoms with Crippen molar-refractivity contribution in [3.63, 3.8) is 0 Å². The fourth-order valence-electron chi connectivity index (χ4n) is 2.58. The Balaban J connectivity index is 2.16. The van der Waals surface area contributed by atoms with Gasteiger partial charge in [-0.25, -0.2) is 13.4 Å². The van der Waals surface area contributed by atoms with Crippen LogP contribution in [0.4, 0.5) is 5.82 Å². The maximum absolute atomic E-state index is 11.8. The Bertz CT molecular complexity index is 522. The molecule has 0 aliphatic carbocycles. The number of aromatic nitrogens is 1. The zero-order chi connectivity index (χ0) is 13.9. The molecule has 5 nitrogen and oxygen atoms in total. The lowest BCUT2D eigenvalue weighted by Crippen LogP contribution is -2.35. The Labute approximate surface area is 114 Å². The first-order valence-corrected chi connectivity index (χ1v) is 8.51. The number of hydrogen-bond acceptors (Lipinski definition) is 5. The smallest absolute Gasteiger partial charge is 0.179 e. The molecular formula is C13H21N3O2S. The summed E-state index contributed by atoms with van der Waals surface area (Å²) in [6.45, 7) is 2.43. The van der Waals surface area contributed by atoms with Gasteiger partial charge in [-0.05, 0) is 43.9 Å². The Morgan fingerprint density at radius 1 is 1.42 bits per heavy atom. The predicted octanol–water partition coefficient (Wildman–Crippen LogP) is 1.05. The van der Waals surface area contributed by atoms with E-state index >= 15 is 0 Å². The van der Waals surface area contributed by atoms with E-state index in [0.29, 0.717) is 16.6 Å². The summed E-state index contributed by atoms with van der Waals surface area (Å²) in [7, 11) is -3.23. The highest BCUT2D eigenvalue weighted by molar-refractivity contribution is 7.90. The number of nitrogens with two attached hydrogens (primary N) is 1. The summed E-state index contributed by atoms with van der Waals surface area (Å²) in [5, 5.41) is 0. The molecule has 106 valence electrons. The third-order valence-corrected chi connectivity index (χ3v) is 4.76. The maximum atomic E-state index is 11.8. The van der Waals surface area contributed by atoms with Crippen molar-refractivity contribution in [2.75, 3.05) is 30.8 Å². The average molecular weight is 283 g/mol. The van der Waals surface area contributed by atoms with Crippen molar-refractivity contribution >= 4 is 15.7 Å². The van der Waals surface area contributed by atoms with Crippen molar-refractivity contribution in [1.29, 1.82) is 0 Å². The van der Waals surface area contributed by atoms with Gasteiger partial charge in [0, 0.05) is 25.5 Å². The highest BCUT2D eigenvalue weighted by atomic mass is 32.2. The predicted molar refractivity (Wildman–Crippen MR) is 76.0 cm³/mol. The van der Waals surface area contributed by atoms with Crippen molar-refractivity contribution in [2.45, 2.75) is 24.2 Å². The first-order chi connectivity index (χ1) is 9.02. The van der Waals surface area contributed by atoms with E-state index in [2.05, 4.69) is 9.88 Å². The van der Waals surface area contributed by atoms with Crippen LogP contribution in [0, 0.1) is 5.92 Å². The lowest BCUT2D eigenvalue weighted by Gasteiger charge is -2.33. The molecule has 0 amide bonds. The van der Waals surface area contributed by atoms with Gasteiger partial charge in [0.05, 0.1) is 0 Å². The summed E-state index contributed by atoms with van der Waals surface area (Å²) >= 11 is 0. The lowest BCUT2D eigenvalue weighted by atomic mass is 9.94. The van der Waals surface area contributed by atoms with E-state index in [4.69, 9.17) is 5.73 Å². The molecule has 2 N–H and O–H groups in total. The fraction of sp³-hybridized carbons (Fsp3) is 0.615. The molecule has 1 saturated heterocycles. The molecule has 0 unspecified atom stereocenters. The molecule has 0 radical (unpaired) electrons. The van der Waals surface area contributed by atoms with Gasteiger partial charge in [0.1, 0.15) is 10.7 Å². The minimum Gasteiger partial charge on any atom is -0.356 e. The molecule has 1 aromatic rings. The van der Waals surface area contributed by atoms with Gasteiger partial charge in [0.15, 0.2) is 9.84 Å². The number of hydrogen-bond donors (Lipinski definition) is 1. The van der Waals surface area contributed by atoms with E-state index in [-0.39, 0.29) is 0 Å². The Hall–Kier alpha value is -1.14. The molecule has 1 aliphatic heterocycles. The van der Waals surface area contributed by atoms with Gasteiger partial charge in [-0.15, -0.1) is 0 Å². The zero-order valence-corrected chi connectivity index (χ0v) is 12.1. The summed E-state index contributed by atoms with van der Waals surface area (Å²) < 4.78 is 23.6. The molecule has 0 saturated carbocycles. The molecule has 0 aromatic carbocycles. The van der Waals surface area contributed by atoms with Crippen LogP contribution in [-0.4, -0.2) is 39.3 Å². The molecule has 0 spiro atoms. The Kier molecular flexibility index (Phi) is 4.42. The van der Waals surface area contributed by atoms with Crippen LogP contribution < -0.4 is 10.6 Å². The van der Waals surface area contributed by atoms with Crippen LogP contribution in [0.25, 0.3) is 0 Å². The van der Waals surface area contributed by atoms with Crippen molar-refractivity contribution in [3.05, 3.63) is 18.3 Å². The summed E-state index contributed by atoms with van der Waals surface area (Å²) in [6.07, 6.45) is 6.04. The maximum Gasteiger partial charge on any atom is 0.179 e. The Morgan fingerprint density at radius 3 is 2.68 bits per heavy atom. The van der Waals surface area contributed by atoms with Gasteiger partial charge < -0.3 is 10.6 Å². The van der Waals surface area contributed by atoms with Crippen molar-refractivity contribution in [3.8, 4) is 0 Å². The van der Waals surface area contributed by atoms with Gasteiger partial charge in [-0.2, -0.15) is 0 Å². The minimum atomic E-state index is -3.23. The highest BCUT2D eigenvalue weighted by Crippen LogP contribution is 2.27. The topological polar surface area (TPSA) is 76.3 Å². The molecule has 1 aliphatic rings. The van der Waals surface area contributed by atoms with Crippen LogP contribution in [0.15, 0.2) is 23.2 Å². The Morgan fingerprint density at radius 2 is 2.11 bits per heavy atom. The van der Waals surface area contributed by atoms with E-state index in [1.165, 1.54) is 6.26 Å². The van der Waals surface area contributed by atoms with Crippen LogP contribution in [-0.2, 0) is 9.84 Å². The van der Waals surface area contributed by atoms with Crippen molar-refractivity contribution in [2.24, 2.45) is 11.7 Å². The van der Waals surface area contributed by atoms with Gasteiger partial charge in [-0.1, -0.05) is 0 Å². The third-order valence-electron chi connectivity index (χ3n) is 3.64. The quantitative estimate of drug-likeness (QED) is 0.894. The second-order valence-corrected chi connectivity index (χ2v) is 7.09. The normalized spacial score (nSPS) is 17.7. The lowest BCUT2D eigenvalue weighted by molar-refractivity contribution is 0.384. The monoisotopic (exact) mass is 283 g/mol. The highest BCUT2D eigenvalue weighted by Gasteiger charge is 2.24. The minimum absolute atomic E-state index is 0.326. The first kappa shape index (κ1) is 14.3. The number of nitrogens with zero attached hydrogens (tertiary/aromatic N) is 2. The number of sulfone groups is 1. The van der Waals surface area contributed by atoms with Crippen molar-refractivity contribution < 1.29 is 8.42 Å². The standard InChI is InChI=1S/C13H21N3O2S/c1-19(17,18)12-3-2-8-15-13(12)16-9-5-11(4-7-14)6-10-16/h2-3,8,11H,4-7,9-10,14H2,1H3. The average Bonchev–Trinajstić information content (AvgIpc) is 2.39. The second kappa shape index (κ2) is 5.88. The molecule has 1 fully saturated rings. The van der Waals surface area contributed by atoms with Crippen molar-refractivity contribution in [1.82, 2.24) is 4.98 Å². The zero-order valence-electron chi connectivity index (χ0n) is 11.2. The first-order valence-electron chi connectivity index (χ1n) is 6.62. The van der Waals surface area contributed by atoms with Crippen LogP contribution in [0.1, 0.15) is 19.3 Å². The molecule has 0 bridgehead atoms. The molecule has 6 heteroatoms. The molecule has 19 heavy (non-hydrogen) atoms. The van der Waals surface area contributed by atoms with Gasteiger partial charge in [0.2, 0.25) is 0 Å². The van der Waals surface area contributed by atoms with Gasteiger partial charge in [-0.3, -0.25) is 0 Å². The summed E-state index contributed by atoms with van der Waals surface area (Å²) in [4.78, 5) is 6.66. The number of pyridine rings is 1. The third kappa shape index (κ3) is 3.45. The van der Waals surface area contributed by atoms with E-state index in [9.17, 15) is 8.42 Å². The fourth-order valence-corrected chi connectivity index (χ4v) is 3.42. The number of anilines is 1. The van der Waals surface area contributed by atoms with E-state index < -0.39 is 9.84 Å². The summed E-state index contributed by atoms with van der Waals surface area (Å²) in [5.74, 6) is 1.25. The van der Waals surface area contributed by atoms with E-state index in [0.717, 1.165) is 38.9 Å². The molecule has 1 aromatic heterocycles. The van der Waals surface area contributed by atoms with Crippen LogP contribution in [0.5, 0.6) is 0 Å². The second-order valence-electron chi connectivity index (χ2n) is 5.11. The number of piperidine rings is 1. The molecular weight excluding hydrogens is 262 g/mol.